The van der Waals surface area contributed by atoms with E-state index >= 15 is 0 Å². The normalized spacial score (nSPS) is 11.5. The number of hydrogen-bond donors (Lipinski definition) is 6. The van der Waals surface area contributed by atoms with Gasteiger partial charge < -0.3 is 35.8 Å². The van der Waals surface area contributed by atoms with Crippen molar-refractivity contribution in [3.8, 4) is 0 Å². The van der Waals surface area contributed by atoms with E-state index in [0.717, 1.165) is 5.69 Å². The minimum atomic E-state index is -1.60. The predicted octanol–water partition coefficient (Wildman–Crippen LogP) is 1.05. The number of carbonyl (C=O) groups is 3. The Morgan fingerprint density at radius 1 is 1.05 bits per heavy atom. The second kappa shape index (κ2) is 14.2. The third-order valence-electron chi connectivity index (χ3n) is 6.49. The van der Waals surface area contributed by atoms with Crippen molar-refractivity contribution >= 4 is 59.2 Å². The van der Waals surface area contributed by atoms with Gasteiger partial charge in [0.05, 0.1) is 18.4 Å². The van der Waals surface area contributed by atoms with Crippen LogP contribution in [0.4, 0.5) is 22.2 Å². The molecular formula is C28H31BN8O7. The number of aromatic nitrogens is 4. The van der Waals surface area contributed by atoms with Crippen molar-refractivity contribution in [2.24, 2.45) is 0 Å². The molecule has 2 aromatic heterocycles. The van der Waals surface area contributed by atoms with Gasteiger partial charge in [0, 0.05) is 18.3 Å². The minimum Gasteiger partial charge on any atom is -0.480 e. The molecule has 4 aromatic rings. The Balaban J connectivity index is 1.42. The first-order chi connectivity index (χ1) is 21.0. The molecule has 2 aromatic carbocycles. The first kappa shape index (κ1) is 31.6. The van der Waals surface area contributed by atoms with E-state index in [2.05, 4.69) is 30.6 Å². The number of anilines is 3. The van der Waals surface area contributed by atoms with Crippen molar-refractivity contribution in [1.29, 1.82) is 0 Å². The van der Waals surface area contributed by atoms with Gasteiger partial charge >= 0.3 is 19.2 Å². The molecule has 4 rings (SSSR count). The van der Waals surface area contributed by atoms with Gasteiger partial charge in [-0.05, 0) is 41.7 Å². The number of nitrogen functional groups attached to an aromatic ring is 1. The highest BCUT2D eigenvalue weighted by atomic mass is 16.5. The lowest BCUT2D eigenvalue weighted by Gasteiger charge is -2.19. The number of aliphatic carboxylic acids is 1. The van der Waals surface area contributed by atoms with Crippen LogP contribution in [0.2, 0.25) is 0 Å². The number of benzene rings is 2. The molecule has 7 N–H and O–H groups in total. The van der Waals surface area contributed by atoms with Crippen LogP contribution in [0.3, 0.4) is 0 Å². The van der Waals surface area contributed by atoms with Crippen LogP contribution in [0.15, 0.2) is 54.7 Å². The van der Waals surface area contributed by atoms with Crippen LogP contribution in [0.5, 0.6) is 0 Å². The summed E-state index contributed by atoms with van der Waals surface area (Å²) in [6.45, 7) is 2.05. The number of nitrogens with zero attached hydrogens (tertiary/aromatic N) is 5. The molecule has 228 valence electrons. The van der Waals surface area contributed by atoms with Gasteiger partial charge in [0.15, 0.2) is 17.0 Å². The summed E-state index contributed by atoms with van der Waals surface area (Å²) in [5, 5.41) is 32.8. The lowest BCUT2D eigenvalue weighted by atomic mass is 9.80. The fourth-order valence-electron chi connectivity index (χ4n) is 4.18. The number of nitrogens with two attached hydrogens (primary N) is 1. The van der Waals surface area contributed by atoms with Gasteiger partial charge in [-0.15, -0.1) is 0 Å². The number of fused-ring (bicyclic) bond motifs is 1. The number of amides is 2. The molecule has 0 spiro atoms. The summed E-state index contributed by atoms with van der Waals surface area (Å²) < 4.78 is 5.25. The molecule has 0 bridgehead atoms. The average molecular weight is 602 g/mol. The number of hydrogen-bond acceptors (Lipinski definition) is 12. The molecule has 16 heteroatoms. The van der Waals surface area contributed by atoms with E-state index in [-0.39, 0.29) is 29.5 Å². The summed E-state index contributed by atoms with van der Waals surface area (Å²) in [7, 11) is 0.215. The van der Waals surface area contributed by atoms with Crippen LogP contribution in [-0.4, -0.2) is 73.3 Å². The van der Waals surface area contributed by atoms with E-state index in [1.165, 1.54) is 18.3 Å². The maximum atomic E-state index is 12.5. The minimum absolute atomic E-state index is 0.00589. The van der Waals surface area contributed by atoms with Crippen LogP contribution in [0.25, 0.3) is 11.2 Å². The maximum absolute atomic E-state index is 12.5. The summed E-state index contributed by atoms with van der Waals surface area (Å²) in [5.74, 6) is -1.67. The highest BCUT2D eigenvalue weighted by Gasteiger charge is 2.20. The molecule has 1 atom stereocenters. The van der Waals surface area contributed by atoms with Crippen molar-refractivity contribution in [1.82, 2.24) is 25.3 Å². The second-order valence-electron chi connectivity index (χ2n) is 9.84. The van der Waals surface area contributed by atoms with E-state index in [0.29, 0.717) is 41.7 Å². The summed E-state index contributed by atoms with van der Waals surface area (Å²) in [4.78, 5) is 55.3. The molecule has 0 aliphatic carbocycles. The van der Waals surface area contributed by atoms with E-state index in [9.17, 15) is 29.5 Å². The monoisotopic (exact) mass is 602 g/mol. The zero-order valence-electron chi connectivity index (χ0n) is 24.0. The first-order valence-electron chi connectivity index (χ1n) is 13.6. The van der Waals surface area contributed by atoms with Crippen LogP contribution >= 0.6 is 0 Å². The molecule has 0 saturated carbocycles. The molecule has 2 amide bonds. The van der Waals surface area contributed by atoms with Crippen molar-refractivity contribution in [3.63, 3.8) is 0 Å². The number of carboxylic acids is 1. The van der Waals surface area contributed by atoms with Crippen LogP contribution < -0.4 is 26.7 Å². The van der Waals surface area contributed by atoms with Gasteiger partial charge in [-0.3, -0.25) is 10.1 Å². The fraction of sp³-hybridized carbons (Fsp3) is 0.250. The van der Waals surface area contributed by atoms with Gasteiger partial charge in [-0.2, -0.15) is 9.97 Å². The number of ether oxygens (including phenoxy) is 1. The van der Waals surface area contributed by atoms with E-state index in [1.807, 2.05) is 18.9 Å². The Kier molecular flexibility index (Phi) is 10.2. The van der Waals surface area contributed by atoms with E-state index in [1.54, 1.807) is 36.4 Å². The molecule has 1 unspecified atom stereocenters. The molecule has 2 heterocycles. The van der Waals surface area contributed by atoms with Gasteiger partial charge in [-0.25, -0.2) is 19.6 Å². The number of carboxylic acid groups (broad SMARTS) is 1. The Morgan fingerprint density at radius 2 is 1.75 bits per heavy atom. The lowest BCUT2D eigenvalue weighted by Crippen LogP contribution is -2.40. The van der Waals surface area contributed by atoms with Gasteiger partial charge in [0.25, 0.3) is 5.91 Å². The van der Waals surface area contributed by atoms with Gasteiger partial charge in [0.2, 0.25) is 5.95 Å². The number of rotatable bonds is 12. The quantitative estimate of drug-likeness (QED) is 0.125. The molecular weight excluding hydrogens is 571 g/mol. The zero-order valence-corrected chi connectivity index (χ0v) is 24.0. The summed E-state index contributed by atoms with van der Waals surface area (Å²) in [6.07, 6.45) is 1.64. The lowest BCUT2D eigenvalue weighted by molar-refractivity contribution is -0.139. The van der Waals surface area contributed by atoms with Crippen molar-refractivity contribution < 1.29 is 34.3 Å². The molecule has 0 aliphatic rings. The smallest absolute Gasteiger partial charge is 0.480 e. The Hall–Kier alpha value is -5.35. The molecule has 15 nitrogen and oxygen atoms in total. The first-order valence-corrected chi connectivity index (χ1v) is 13.6. The molecule has 0 saturated heterocycles. The van der Waals surface area contributed by atoms with Crippen molar-refractivity contribution in [2.75, 3.05) is 23.0 Å². The molecule has 44 heavy (non-hydrogen) atoms. The Labute approximate surface area is 252 Å². The predicted molar refractivity (Wildman–Crippen MR) is 162 cm³/mol. The Morgan fingerprint density at radius 3 is 2.39 bits per heavy atom. The highest BCUT2D eigenvalue weighted by molar-refractivity contribution is 6.58. The Bertz CT molecular complexity index is 1640. The summed E-state index contributed by atoms with van der Waals surface area (Å²) in [5.41, 5.74) is 8.67. The highest BCUT2D eigenvalue weighted by Crippen LogP contribution is 2.21. The largest absolute Gasteiger partial charge is 0.488 e. The van der Waals surface area contributed by atoms with E-state index in [4.69, 9.17) is 10.5 Å². The summed E-state index contributed by atoms with van der Waals surface area (Å²) >= 11 is 0. The number of nitrogens with one attached hydrogen (secondary N) is 2. The van der Waals surface area contributed by atoms with Gasteiger partial charge in [0.1, 0.15) is 12.6 Å². The van der Waals surface area contributed by atoms with Gasteiger partial charge in [-0.1, -0.05) is 37.6 Å². The van der Waals surface area contributed by atoms with Crippen molar-refractivity contribution in [3.05, 3.63) is 71.5 Å². The maximum Gasteiger partial charge on any atom is 0.488 e. The van der Waals surface area contributed by atoms with Crippen LogP contribution in [0.1, 0.15) is 41.4 Å². The molecule has 0 aliphatic heterocycles. The average Bonchev–Trinajstić information content (AvgIpc) is 3.00. The second-order valence-corrected chi connectivity index (χ2v) is 9.84. The standard InChI is InChI=1S/C28H31BN8O7/c1-3-4-21(26(39)40)33-25(38)17-7-11-20(12-8-17)37(2)14-19-13-31-23-22(32-19)24(35-27(30)34-23)36-28(41)44-15-16-5-9-18(10-6-16)29(42)43/h5-13,21,42-43H,3-4,14-15H2,1-2H3,(H,33,38)(H,39,40)(H3,30,31,34,35,36,41). The number of carbonyl (C=O) groups excluding carboxylic acids is 2. The SMILES string of the molecule is CCCC(NC(=O)c1ccc(N(C)Cc2cnc3nc(N)nc(NC(=O)OCc4ccc(B(O)O)cc4)c3n2)cc1)C(=O)O. The summed E-state index contributed by atoms with van der Waals surface area (Å²) in [6, 6.07) is 11.9. The molecule has 0 fully saturated rings. The van der Waals surface area contributed by atoms with Crippen LogP contribution in [0, 0.1) is 0 Å². The van der Waals surface area contributed by atoms with Crippen LogP contribution in [-0.2, 0) is 22.7 Å². The fourth-order valence-corrected chi connectivity index (χ4v) is 4.18. The third kappa shape index (κ3) is 8.14. The van der Waals surface area contributed by atoms with Crippen molar-refractivity contribution in [2.45, 2.75) is 39.0 Å². The topological polar surface area (TPSA) is 226 Å². The molecule has 0 radical (unpaired) electrons. The third-order valence-corrected chi connectivity index (χ3v) is 6.49. The van der Waals surface area contributed by atoms with E-state index < -0.39 is 31.1 Å². The zero-order chi connectivity index (χ0) is 31.8.